The molecule has 0 radical (unpaired) electrons. The van der Waals surface area contributed by atoms with E-state index >= 15 is 0 Å². The van der Waals surface area contributed by atoms with E-state index in [9.17, 15) is 14.9 Å². The number of hydrogen-bond acceptors (Lipinski definition) is 5. The van der Waals surface area contributed by atoms with Gasteiger partial charge >= 0.3 is 5.97 Å². The lowest BCUT2D eigenvalue weighted by Crippen LogP contribution is -2.23. The van der Waals surface area contributed by atoms with E-state index < -0.39 is 11.2 Å². The van der Waals surface area contributed by atoms with Gasteiger partial charge in [-0.15, -0.1) is 0 Å². The molecule has 1 aromatic heterocycles. The molecule has 1 aromatic carbocycles. The quantitative estimate of drug-likeness (QED) is 0.676. The number of amides is 1. The average Bonchev–Trinajstić information content (AvgIpc) is 2.68. The van der Waals surface area contributed by atoms with Crippen molar-refractivity contribution < 1.29 is 14.7 Å². The molecule has 150 valence electrons. The van der Waals surface area contributed by atoms with Crippen LogP contribution < -0.4 is 5.32 Å². The summed E-state index contributed by atoms with van der Waals surface area (Å²) in [4.78, 5) is 28.5. The summed E-state index contributed by atoms with van der Waals surface area (Å²) in [5.41, 5.74) is 2.85. The topological polar surface area (TPSA) is 103 Å². The summed E-state index contributed by atoms with van der Waals surface area (Å²) in [7, 11) is 0. The van der Waals surface area contributed by atoms with Crippen LogP contribution in [-0.4, -0.2) is 27.2 Å². The van der Waals surface area contributed by atoms with Gasteiger partial charge in [-0.25, -0.2) is 9.78 Å². The summed E-state index contributed by atoms with van der Waals surface area (Å²) < 4.78 is 0. The summed E-state index contributed by atoms with van der Waals surface area (Å²) in [6.07, 6.45) is 2.86. The third-order valence-electron chi connectivity index (χ3n) is 4.84. The Balaban J connectivity index is 1.76. The Labute approximate surface area is 178 Å². The summed E-state index contributed by atoms with van der Waals surface area (Å²) in [6.45, 7) is 3.91. The van der Waals surface area contributed by atoms with Gasteiger partial charge < -0.3 is 10.4 Å². The first-order chi connectivity index (χ1) is 13.8. The third kappa shape index (κ3) is 4.89. The second kappa shape index (κ2) is 8.85. The van der Waals surface area contributed by atoms with Crippen molar-refractivity contribution in [2.75, 3.05) is 5.32 Å². The van der Waals surface area contributed by atoms with Crippen LogP contribution in [-0.2, 0) is 17.6 Å². The second-order valence-electron chi connectivity index (χ2n) is 7.16. The molecule has 1 aliphatic rings. The largest absolute Gasteiger partial charge is 0.478 e. The molecule has 2 aromatic rings. The molecule has 2 atom stereocenters. The van der Waals surface area contributed by atoms with Gasteiger partial charge in [0, 0.05) is 11.4 Å². The molecule has 2 N–H and O–H groups in total. The number of nitriles is 1. The van der Waals surface area contributed by atoms with Gasteiger partial charge in [-0.2, -0.15) is 5.26 Å². The molecule has 1 aliphatic carbocycles. The molecule has 1 heterocycles. The van der Waals surface area contributed by atoms with Crippen LogP contribution in [0.25, 0.3) is 0 Å². The minimum absolute atomic E-state index is 0.0814. The van der Waals surface area contributed by atoms with Crippen molar-refractivity contribution in [3.8, 4) is 6.07 Å². The number of hydrogen-bond donors (Lipinski definition) is 2. The van der Waals surface area contributed by atoms with Crippen LogP contribution in [0.2, 0.25) is 5.02 Å². The molecule has 1 amide bonds. The fourth-order valence-electron chi connectivity index (χ4n) is 3.23. The van der Waals surface area contributed by atoms with Crippen LogP contribution in [0.1, 0.15) is 47.4 Å². The Hall–Kier alpha value is -2.56. The molecular weight excluding hydrogens is 410 g/mol. The van der Waals surface area contributed by atoms with Crippen molar-refractivity contribution >= 4 is 40.9 Å². The number of thioether (sulfide) groups is 1. The summed E-state index contributed by atoms with van der Waals surface area (Å²) in [6, 6.07) is 8.37. The maximum Gasteiger partial charge on any atom is 0.337 e. The number of carbonyl (C=O) groups is 2. The van der Waals surface area contributed by atoms with Crippen molar-refractivity contribution in [2.24, 2.45) is 5.92 Å². The number of anilines is 1. The zero-order valence-corrected chi connectivity index (χ0v) is 17.6. The molecule has 0 bridgehead atoms. The number of benzene rings is 1. The first-order valence-electron chi connectivity index (χ1n) is 9.21. The highest BCUT2D eigenvalue weighted by Gasteiger charge is 2.23. The van der Waals surface area contributed by atoms with Gasteiger partial charge in [-0.05, 0) is 61.9 Å². The van der Waals surface area contributed by atoms with Gasteiger partial charge in [0.15, 0.2) is 0 Å². The highest BCUT2D eigenvalue weighted by Crippen LogP contribution is 2.31. The third-order valence-corrected chi connectivity index (χ3v) is 6.27. The smallest absolute Gasteiger partial charge is 0.337 e. The van der Waals surface area contributed by atoms with Crippen molar-refractivity contribution in [2.45, 2.75) is 43.4 Å². The number of pyridine rings is 1. The van der Waals surface area contributed by atoms with Crippen LogP contribution in [0.3, 0.4) is 0 Å². The molecule has 0 fully saturated rings. The lowest BCUT2D eigenvalue weighted by molar-refractivity contribution is -0.115. The van der Waals surface area contributed by atoms with E-state index in [0.29, 0.717) is 22.2 Å². The number of carbonyl (C=O) groups excluding carboxylic acids is 1. The van der Waals surface area contributed by atoms with Crippen molar-refractivity contribution in [1.29, 1.82) is 5.26 Å². The van der Waals surface area contributed by atoms with E-state index in [2.05, 4.69) is 23.3 Å². The van der Waals surface area contributed by atoms with Gasteiger partial charge in [0.05, 0.1) is 21.4 Å². The van der Waals surface area contributed by atoms with Crippen molar-refractivity contribution in [3.05, 3.63) is 51.7 Å². The van der Waals surface area contributed by atoms with Gasteiger partial charge in [-0.3, -0.25) is 4.79 Å². The molecule has 6 nitrogen and oxygen atoms in total. The molecule has 0 aliphatic heterocycles. The van der Waals surface area contributed by atoms with Crippen molar-refractivity contribution in [1.82, 2.24) is 4.98 Å². The van der Waals surface area contributed by atoms with Gasteiger partial charge in [-0.1, -0.05) is 30.3 Å². The highest BCUT2D eigenvalue weighted by molar-refractivity contribution is 8.00. The summed E-state index contributed by atoms with van der Waals surface area (Å²) in [5, 5.41) is 21.5. The van der Waals surface area contributed by atoms with Crippen LogP contribution in [0.5, 0.6) is 0 Å². The van der Waals surface area contributed by atoms with E-state index in [0.717, 1.165) is 30.5 Å². The zero-order chi connectivity index (χ0) is 21.1. The number of carboxylic acid groups (broad SMARTS) is 1. The molecule has 0 saturated heterocycles. The maximum atomic E-state index is 12.6. The second-order valence-corrected chi connectivity index (χ2v) is 8.89. The number of rotatable bonds is 5. The number of carboxylic acids is 1. The monoisotopic (exact) mass is 429 g/mol. The number of nitrogens with zero attached hydrogens (tertiary/aromatic N) is 2. The lowest BCUT2D eigenvalue weighted by atomic mass is 9.87. The Morgan fingerprint density at radius 3 is 2.86 bits per heavy atom. The van der Waals surface area contributed by atoms with Gasteiger partial charge in [0.2, 0.25) is 5.91 Å². The predicted octanol–water partition coefficient (Wildman–Crippen LogP) is 4.55. The fraction of sp³-hybridized carbons (Fsp3) is 0.333. The van der Waals surface area contributed by atoms with E-state index in [1.54, 1.807) is 13.0 Å². The molecule has 0 spiro atoms. The van der Waals surface area contributed by atoms with Crippen LogP contribution >= 0.6 is 23.4 Å². The SMILES string of the molecule is CC1CCc2nc(SC(C)C(=O)Nc3ccc(Cl)c(C(=O)O)c3)c(C#N)cc2C1. The Bertz CT molecular complexity index is 1020. The number of aromatic nitrogens is 1. The average molecular weight is 430 g/mol. The first-order valence-corrected chi connectivity index (χ1v) is 10.5. The van der Waals surface area contributed by atoms with Crippen LogP contribution in [0.15, 0.2) is 29.3 Å². The molecular formula is C21H20ClN3O3S. The Morgan fingerprint density at radius 1 is 1.41 bits per heavy atom. The molecule has 3 rings (SSSR count). The standard InChI is InChI=1S/C21H20ClN3O3S/c1-11-3-6-18-13(7-11)8-14(10-23)20(25-18)29-12(2)19(26)24-15-4-5-17(22)16(9-15)21(27)28/h4-5,8-9,11-12H,3,6-7H2,1-2H3,(H,24,26)(H,27,28). The van der Waals surface area contributed by atoms with E-state index in [-0.39, 0.29) is 16.5 Å². The number of aryl methyl sites for hydroxylation is 1. The number of nitrogens with one attached hydrogen (secondary N) is 1. The minimum Gasteiger partial charge on any atom is -0.478 e. The van der Waals surface area contributed by atoms with Gasteiger partial charge in [0.25, 0.3) is 0 Å². The zero-order valence-electron chi connectivity index (χ0n) is 16.0. The fourth-order valence-corrected chi connectivity index (χ4v) is 4.32. The van der Waals surface area contributed by atoms with Gasteiger partial charge in [0.1, 0.15) is 11.1 Å². The normalized spacial score (nSPS) is 16.4. The van der Waals surface area contributed by atoms with Crippen LogP contribution in [0, 0.1) is 17.2 Å². The lowest BCUT2D eigenvalue weighted by Gasteiger charge is -2.22. The first kappa shape index (κ1) is 21.2. The number of halogens is 1. The number of aromatic carboxylic acids is 1. The van der Waals surface area contributed by atoms with Crippen molar-refractivity contribution in [3.63, 3.8) is 0 Å². The number of fused-ring (bicyclic) bond motifs is 1. The Kier molecular flexibility index (Phi) is 6.46. The van der Waals surface area contributed by atoms with Crippen LogP contribution in [0.4, 0.5) is 5.69 Å². The molecule has 8 heteroatoms. The van der Waals surface area contributed by atoms with E-state index in [4.69, 9.17) is 16.7 Å². The molecule has 29 heavy (non-hydrogen) atoms. The summed E-state index contributed by atoms with van der Waals surface area (Å²) >= 11 is 7.08. The summed E-state index contributed by atoms with van der Waals surface area (Å²) in [5.74, 6) is -0.903. The minimum atomic E-state index is -1.17. The highest BCUT2D eigenvalue weighted by atomic mass is 35.5. The van der Waals surface area contributed by atoms with E-state index in [1.807, 2.05) is 6.07 Å². The predicted molar refractivity (Wildman–Crippen MR) is 113 cm³/mol. The maximum absolute atomic E-state index is 12.6. The molecule has 2 unspecified atom stereocenters. The molecule has 0 saturated carbocycles. The van der Waals surface area contributed by atoms with E-state index in [1.165, 1.54) is 23.9 Å². The Morgan fingerprint density at radius 2 is 2.17 bits per heavy atom.